The Morgan fingerprint density at radius 3 is 2.19 bits per heavy atom. The van der Waals surface area contributed by atoms with Gasteiger partial charge in [0.15, 0.2) is 0 Å². The van der Waals surface area contributed by atoms with Crippen LogP contribution in [0.25, 0.3) is 0 Å². The van der Waals surface area contributed by atoms with Crippen molar-refractivity contribution in [3.63, 3.8) is 0 Å². The third-order valence-corrected chi connectivity index (χ3v) is 3.78. The molecule has 0 aliphatic carbocycles. The van der Waals surface area contributed by atoms with Crippen molar-refractivity contribution in [1.29, 1.82) is 0 Å². The molecule has 0 fully saturated rings. The Morgan fingerprint density at radius 2 is 1.62 bits per heavy atom. The quantitative estimate of drug-likeness (QED) is 0.824. The van der Waals surface area contributed by atoms with E-state index in [1.165, 1.54) is 5.69 Å². The fraction of sp³-hybridized carbons (Fsp3) is 0.333. The first-order valence-corrected chi connectivity index (χ1v) is 7.55. The zero-order valence-corrected chi connectivity index (χ0v) is 13.0. The van der Waals surface area contributed by atoms with Crippen LogP contribution >= 0.6 is 0 Å². The monoisotopic (exact) mass is 284 g/mol. The average Bonchev–Trinajstić information content (AvgIpc) is 2.50. The molecule has 21 heavy (non-hydrogen) atoms. The van der Waals surface area contributed by atoms with Crippen LogP contribution in [0.1, 0.15) is 32.4 Å². The molecule has 0 saturated heterocycles. The van der Waals surface area contributed by atoms with Gasteiger partial charge in [0.1, 0.15) is 5.75 Å². The summed E-state index contributed by atoms with van der Waals surface area (Å²) in [6, 6.07) is 15.9. The smallest absolute Gasteiger partial charge is 0.120 e. The SMILES string of the molecule is CCN(CC)c1ccc(NC(C)c2ccccc2O)cc1. The van der Waals surface area contributed by atoms with Crippen molar-refractivity contribution in [3.8, 4) is 5.75 Å². The van der Waals surface area contributed by atoms with Crippen LogP contribution in [0.5, 0.6) is 5.75 Å². The Labute approximate surface area is 127 Å². The van der Waals surface area contributed by atoms with E-state index in [-0.39, 0.29) is 6.04 Å². The Morgan fingerprint density at radius 1 is 1.00 bits per heavy atom. The summed E-state index contributed by atoms with van der Waals surface area (Å²) in [6.07, 6.45) is 0. The topological polar surface area (TPSA) is 35.5 Å². The van der Waals surface area contributed by atoms with E-state index in [0.29, 0.717) is 5.75 Å². The van der Waals surface area contributed by atoms with Crippen LogP contribution in [0.4, 0.5) is 11.4 Å². The molecule has 0 saturated carbocycles. The van der Waals surface area contributed by atoms with Crippen molar-refractivity contribution in [2.75, 3.05) is 23.3 Å². The van der Waals surface area contributed by atoms with Crippen LogP contribution in [0.15, 0.2) is 48.5 Å². The molecule has 0 radical (unpaired) electrons. The first kappa shape index (κ1) is 15.2. The second kappa shape index (κ2) is 7.02. The zero-order valence-electron chi connectivity index (χ0n) is 13.0. The number of para-hydroxylation sites is 1. The van der Waals surface area contributed by atoms with Gasteiger partial charge in [-0.2, -0.15) is 0 Å². The van der Waals surface area contributed by atoms with Crippen molar-refractivity contribution >= 4 is 11.4 Å². The highest BCUT2D eigenvalue weighted by atomic mass is 16.3. The average molecular weight is 284 g/mol. The molecule has 112 valence electrons. The highest BCUT2D eigenvalue weighted by Crippen LogP contribution is 2.27. The minimum absolute atomic E-state index is 0.0607. The van der Waals surface area contributed by atoms with E-state index in [4.69, 9.17) is 0 Å². The van der Waals surface area contributed by atoms with Gasteiger partial charge in [0.2, 0.25) is 0 Å². The summed E-state index contributed by atoms with van der Waals surface area (Å²) in [5, 5.41) is 13.3. The Hall–Kier alpha value is -2.16. The lowest BCUT2D eigenvalue weighted by Gasteiger charge is -2.22. The number of rotatable bonds is 6. The highest BCUT2D eigenvalue weighted by Gasteiger charge is 2.09. The van der Waals surface area contributed by atoms with Crippen molar-refractivity contribution in [2.45, 2.75) is 26.8 Å². The van der Waals surface area contributed by atoms with Gasteiger partial charge in [0.05, 0.1) is 6.04 Å². The maximum atomic E-state index is 9.89. The maximum absolute atomic E-state index is 9.89. The van der Waals surface area contributed by atoms with Crippen LogP contribution in [-0.4, -0.2) is 18.2 Å². The molecule has 2 rings (SSSR count). The lowest BCUT2D eigenvalue weighted by Crippen LogP contribution is -2.21. The van der Waals surface area contributed by atoms with E-state index in [1.54, 1.807) is 6.07 Å². The van der Waals surface area contributed by atoms with Crippen molar-refractivity contribution in [1.82, 2.24) is 0 Å². The Balaban J connectivity index is 2.08. The van der Waals surface area contributed by atoms with Gasteiger partial charge in [-0.3, -0.25) is 0 Å². The van der Waals surface area contributed by atoms with E-state index in [0.717, 1.165) is 24.3 Å². The summed E-state index contributed by atoms with van der Waals surface area (Å²) < 4.78 is 0. The molecule has 0 amide bonds. The Bertz CT molecular complexity index is 562. The molecule has 3 heteroatoms. The highest BCUT2D eigenvalue weighted by molar-refractivity contribution is 5.56. The number of phenolic OH excluding ortho intramolecular Hbond substituents is 1. The fourth-order valence-electron chi connectivity index (χ4n) is 2.54. The largest absolute Gasteiger partial charge is 0.508 e. The molecule has 1 atom stereocenters. The van der Waals surface area contributed by atoms with Gasteiger partial charge in [0, 0.05) is 30.0 Å². The predicted molar refractivity (Wildman–Crippen MR) is 90.1 cm³/mol. The molecule has 0 aromatic heterocycles. The van der Waals surface area contributed by atoms with E-state index < -0.39 is 0 Å². The first-order chi connectivity index (χ1) is 10.2. The van der Waals surface area contributed by atoms with Crippen LogP contribution < -0.4 is 10.2 Å². The molecule has 0 aliphatic rings. The van der Waals surface area contributed by atoms with Gasteiger partial charge in [-0.15, -0.1) is 0 Å². The van der Waals surface area contributed by atoms with Crippen LogP contribution in [0, 0.1) is 0 Å². The molecule has 0 aliphatic heterocycles. The van der Waals surface area contributed by atoms with Crippen LogP contribution in [0.2, 0.25) is 0 Å². The minimum atomic E-state index is 0.0607. The summed E-state index contributed by atoms with van der Waals surface area (Å²) >= 11 is 0. The molecule has 2 N–H and O–H groups in total. The second-order valence-corrected chi connectivity index (χ2v) is 5.14. The summed E-state index contributed by atoms with van der Waals surface area (Å²) in [5.74, 6) is 0.331. The number of aromatic hydroxyl groups is 1. The third-order valence-electron chi connectivity index (χ3n) is 3.78. The summed E-state index contributed by atoms with van der Waals surface area (Å²) in [7, 11) is 0. The van der Waals surface area contributed by atoms with Crippen LogP contribution in [-0.2, 0) is 0 Å². The van der Waals surface area contributed by atoms with E-state index >= 15 is 0 Å². The Kier molecular flexibility index (Phi) is 5.09. The van der Waals surface area contributed by atoms with Crippen LogP contribution in [0.3, 0.4) is 0 Å². The molecule has 0 spiro atoms. The normalized spacial score (nSPS) is 12.0. The number of hydrogen-bond donors (Lipinski definition) is 2. The van der Waals surface area contributed by atoms with E-state index in [2.05, 4.69) is 48.3 Å². The molecule has 3 nitrogen and oxygen atoms in total. The maximum Gasteiger partial charge on any atom is 0.120 e. The van der Waals surface area contributed by atoms with Crippen molar-refractivity contribution < 1.29 is 5.11 Å². The molecule has 1 unspecified atom stereocenters. The fourth-order valence-corrected chi connectivity index (χ4v) is 2.54. The van der Waals surface area contributed by atoms with E-state index in [1.807, 2.05) is 25.1 Å². The molecule has 0 bridgehead atoms. The number of anilines is 2. The lowest BCUT2D eigenvalue weighted by atomic mass is 10.1. The van der Waals surface area contributed by atoms with Gasteiger partial charge in [0.25, 0.3) is 0 Å². The lowest BCUT2D eigenvalue weighted by molar-refractivity contribution is 0.465. The number of nitrogens with zero attached hydrogens (tertiary/aromatic N) is 1. The molecule has 2 aromatic rings. The van der Waals surface area contributed by atoms with Gasteiger partial charge < -0.3 is 15.3 Å². The number of phenols is 1. The minimum Gasteiger partial charge on any atom is -0.508 e. The van der Waals surface area contributed by atoms with Gasteiger partial charge in [-0.05, 0) is 51.1 Å². The molecular formula is C18H24N2O. The van der Waals surface area contributed by atoms with Gasteiger partial charge >= 0.3 is 0 Å². The third kappa shape index (κ3) is 3.69. The standard InChI is InChI=1S/C18H24N2O/c1-4-20(5-2)16-12-10-15(11-13-16)19-14(3)17-8-6-7-9-18(17)21/h6-14,19,21H,4-5H2,1-3H3. The van der Waals surface area contributed by atoms with Gasteiger partial charge in [-0.1, -0.05) is 18.2 Å². The van der Waals surface area contributed by atoms with Gasteiger partial charge in [-0.25, -0.2) is 0 Å². The van der Waals surface area contributed by atoms with E-state index in [9.17, 15) is 5.11 Å². The molecular weight excluding hydrogens is 260 g/mol. The number of hydrogen-bond acceptors (Lipinski definition) is 3. The summed E-state index contributed by atoms with van der Waals surface area (Å²) in [6.45, 7) is 8.40. The van der Waals surface area contributed by atoms with Crippen molar-refractivity contribution in [3.05, 3.63) is 54.1 Å². The predicted octanol–water partition coefficient (Wildman–Crippen LogP) is 4.41. The summed E-state index contributed by atoms with van der Waals surface area (Å²) in [4.78, 5) is 2.32. The molecule has 2 aromatic carbocycles. The first-order valence-electron chi connectivity index (χ1n) is 7.55. The summed E-state index contributed by atoms with van der Waals surface area (Å²) in [5.41, 5.74) is 3.20. The number of benzene rings is 2. The molecule has 0 heterocycles. The van der Waals surface area contributed by atoms with Crippen molar-refractivity contribution in [2.24, 2.45) is 0 Å². The number of nitrogens with one attached hydrogen (secondary N) is 1. The zero-order chi connectivity index (χ0) is 15.2. The second-order valence-electron chi connectivity index (χ2n) is 5.14.